The molecular formula is C24H31FN4O. The number of anilines is 1. The molecule has 1 saturated heterocycles. The number of guanidine groups is 1. The van der Waals surface area contributed by atoms with Crippen LogP contribution in [-0.2, 0) is 19.5 Å². The average molecular weight is 411 g/mol. The molecule has 0 bridgehead atoms. The molecule has 0 unspecified atom stereocenters. The lowest BCUT2D eigenvalue weighted by Gasteiger charge is -2.32. The van der Waals surface area contributed by atoms with Crippen LogP contribution in [0.15, 0.2) is 47.5 Å². The molecule has 4 rings (SSSR count). The molecule has 2 N–H and O–H groups in total. The quantitative estimate of drug-likeness (QED) is 0.600. The fourth-order valence-electron chi connectivity index (χ4n) is 4.28. The third kappa shape index (κ3) is 4.75. The largest absolute Gasteiger partial charge is 0.393 e. The van der Waals surface area contributed by atoms with Crippen LogP contribution >= 0.6 is 0 Å². The molecule has 0 amide bonds. The van der Waals surface area contributed by atoms with E-state index in [0.29, 0.717) is 38.2 Å². The predicted molar refractivity (Wildman–Crippen MR) is 119 cm³/mol. The molecule has 0 saturated carbocycles. The van der Waals surface area contributed by atoms with E-state index in [-0.39, 0.29) is 11.9 Å². The summed E-state index contributed by atoms with van der Waals surface area (Å²) in [5.41, 5.74) is 4.24. The van der Waals surface area contributed by atoms with E-state index in [2.05, 4.69) is 41.4 Å². The Morgan fingerprint density at radius 3 is 2.63 bits per heavy atom. The molecule has 2 aliphatic rings. The zero-order valence-corrected chi connectivity index (χ0v) is 17.6. The van der Waals surface area contributed by atoms with Gasteiger partial charge in [0, 0.05) is 32.7 Å². The van der Waals surface area contributed by atoms with Crippen LogP contribution in [-0.4, -0.2) is 48.2 Å². The number of nitrogens with zero attached hydrogens (tertiary/aromatic N) is 3. The van der Waals surface area contributed by atoms with Crippen LogP contribution < -0.4 is 10.2 Å². The van der Waals surface area contributed by atoms with Crippen molar-refractivity contribution in [2.75, 3.05) is 31.1 Å². The van der Waals surface area contributed by atoms with Gasteiger partial charge in [-0.1, -0.05) is 30.3 Å². The third-order valence-corrected chi connectivity index (χ3v) is 5.99. The molecule has 2 aromatic carbocycles. The number of halogens is 1. The minimum absolute atomic E-state index is 0.212. The van der Waals surface area contributed by atoms with Crippen LogP contribution in [0.2, 0.25) is 0 Å². The molecule has 0 atom stereocenters. The van der Waals surface area contributed by atoms with E-state index in [1.54, 1.807) is 6.07 Å². The van der Waals surface area contributed by atoms with Gasteiger partial charge in [-0.3, -0.25) is 0 Å². The molecule has 0 spiro atoms. The maximum atomic E-state index is 14.7. The highest BCUT2D eigenvalue weighted by atomic mass is 19.1. The molecule has 6 heteroatoms. The van der Waals surface area contributed by atoms with Crippen molar-refractivity contribution in [2.45, 2.75) is 45.4 Å². The monoisotopic (exact) mass is 410 g/mol. The van der Waals surface area contributed by atoms with E-state index in [4.69, 9.17) is 4.99 Å². The lowest BCUT2D eigenvalue weighted by molar-refractivity contribution is 0.145. The number of aliphatic hydroxyl groups excluding tert-OH is 1. The van der Waals surface area contributed by atoms with Gasteiger partial charge >= 0.3 is 0 Å². The van der Waals surface area contributed by atoms with E-state index in [1.165, 1.54) is 11.1 Å². The number of aliphatic imine (C=N–C) groups is 1. The van der Waals surface area contributed by atoms with Crippen LogP contribution in [0.3, 0.4) is 0 Å². The number of benzene rings is 2. The number of piperidine rings is 1. The van der Waals surface area contributed by atoms with Crippen LogP contribution in [0, 0.1) is 5.82 Å². The first kappa shape index (κ1) is 20.7. The topological polar surface area (TPSA) is 51.1 Å². The second-order valence-electron chi connectivity index (χ2n) is 8.11. The Labute approximate surface area is 178 Å². The first-order chi connectivity index (χ1) is 14.6. The summed E-state index contributed by atoms with van der Waals surface area (Å²) in [4.78, 5) is 9.08. The zero-order valence-electron chi connectivity index (χ0n) is 17.6. The van der Waals surface area contributed by atoms with Gasteiger partial charge in [0.25, 0.3) is 0 Å². The summed E-state index contributed by atoms with van der Waals surface area (Å²) < 4.78 is 14.7. The van der Waals surface area contributed by atoms with Crippen molar-refractivity contribution in [3.05, 3.63) is 65.0 Å². The SMILES string of the molecule is CCNC(=NCc1ccc(N2CCC(O)CC2)c(F)c1)N1CCc2ccccc2C1. The number of hydrogen-bond acceptors (Lipinski definition) is 3. The minimum atomic E-state index is -0.260. The Morgan fingerprint density at radius 2 is 1.90 bits per heavy atom. The van der Waals surface area contributed by atoms with E-state index in [9.17, 15) is 9.50 Å². The predicted octanol–water partition coefficient (Wildman–Crippen LogP) is 3.31. The Hall–Kier alpha value is -2.60. The van der Waals surface area contributed by atoms with Crippen molar-refractivity contribution < 1.29 is 9.50 Å². The Kier molecular flexibility index (Phi) is 6.53. The van der Waals surface area contributed by atoms with Gasteiger partial charge in [0.2, 0.25) is 0 Å². The van der Waals surface area contributed by atoms with Crippen LogP contribution in [0.5, 0.6) is 0 Å². The van der Waals surface area contributed by atoms with Gasteiger partial charge < -0.3 is 20.2 Å². The molecule has 1 fully saturated rings. The molecule has 5 nitrogen and oxygen atoms in total. The highest BCUT2D eigenvalue weighted by Gasteiger charge is 2.20. The summed E-state index contributed by atoms with van der Waals surface area (Å²) in [5, 5.41) is 13.1. The summed E-state index contributed by atoms with van der Waals surface area (Å²) in [5.74, 6) is 0.664. The lowest BCUT2D eigenvalue weighted by atomic mass is 10.0. The van der Waals surface area contributed by atoms with Gasteiger partial charge in [-0.05, 0) is 55.0 Å². The molecule has 160 valence electrons. The molecule has 2 heterocycles. The maximum absolute atomic E-state index is 14.7. The summed E-state index contributed by atoms with van der Waals surface area (Å²) in [6, 6.07) is 14.0. The van der Waals surface area contributed by atoms with E-state index in [0.717, 1.165) is 37.6 Å². The van der Waals surface area contributed by atoms with E-state index in [1.807, 2.05) is 17.0 Å². The van der Waals surface area contributed by atoms with Gasteiger partial charge in [0.1, 0.15) is 5.82 Å². The van der Waals surface area contributed by atoms with Crippen LogP contribution in [0.1, 0.15) is 36.5 Å². The standard InChI is InChI=1S/C24H31FN4O/c1-2-26-24(29-12-9-19-5-3-4-6-20(19)17-29)27-16-18-7-8-23(22(25)15-18)28-13-10-21(30)11-14-28/h3-8,15,21,30H,2,9-14,16-17H2,1H3,(H,26,27). The molecule has 0 aromatic heterocycles. The molecule has 2 aliphatic heterocycles. The van der Waals surface area contributed by atoms with Crippen molar-refractivity contribution in [3.63, 3.8) is 0 Å². The number of aliphatic hydroxyl groups is 1. The molecule has 0 radical (unpaired) electrons. The summed E-state index contributed by atoms with van der Waals surface area (Å²) >= 11 is 0. The molecule has 30 heavy (non-hydrogen) atoms. The molecular weight excluding hydrogens is 379 g/mol. The van der Waals surface area contributed by atoms with E-state index < -0.39 is 0 Å². The third-order valence-electron chi connectivity index (χ3n) is 5.99. The number of rotatable bonds is 4. The van der Waals surface area contributed by atoms with Crippen molar-refractivity contribution in [3.8, 4) is 0 Å². The van der Waals surface area contributed by atoms with Crippen LogP contribution in [0.25, 0.3) is 0 Å². The fourth-order valence-corrected chi connectivity index (χ4v) is 4.28. The summed E-state index contributed by atoms with van der Waals surface area (Å²) in [6.07, 6.45) is 2.13. The zero-order chi connectivity index (χ0) is 20.9. The highest BCUT2D eigenvalue weighted by Crippen LogP contribution is 2.25. The summed E-state index contributed by atoms with van der Waals surface area (Å²) in [6.45, 7) is 6.46. The van der Waals surface area contributed by atoms with Gasteiger partial charge in [-0.25, -0.2) is 9.38 Å². The van der Waals surface area contributed by atoms with Crippen LogP contribution in [0.4, 0.5) is 10.1 Å². The van der Waals surface area contributed by atoms with E-state index >= 15 is 0 Å². The fraction of sp³-hybridized carbons (Fsp3) is 0.458. The molecule has 2 aromatic rings. The smallest absolute Gasteiger partial charge is 0.194 e. The minimum Gasteiger partial charge on any atom is -0.393 e. The average Bonchev–Trinajstić information content (AvgIpc) is 2.77. The van der Waals surface area contributed by atoms with Crippen molar-refractivity contribution >= 4 is 11.6 Å². The normalized spacial score (nSPS) is 17.8. The lowest BCUT2D eigenvalue weighted by Crippen LogP contribution is -2.44. The van der Waals surface area contributed by atoms with Crippen molar-refractivity contribution in [1.29, 1.82) is 0 Å². The second-order valence-corrected chi connectivity index (χ2v) is 8.11. The first-order valence-corrected chi connectivity index (χ1v) is 11.0. The molecule has 0 aliphatic carbocycles. The van der Waals surface area contributed by atoms with Crippen molar-refractivity contribution in [1.82, 2.24) is 10.2 Å². The Morgan fingerprint density at radius 1 is 1.13 bits per heavy atom. The number of hydrogen-bond donors (Lipinski definition) is 2. The maximum Gasteiger partial charge on any atom is 0.194 e. The number of fused-ring (bicyclic) bond motifs is 1. The Bertz CT molecular complexity index is 893. The number of nitrogens with one attached hydrogen (secondary N) is 1. The first-order valence-electron chi connectivity index (χ1n) is 11.0. The highest BCUT2D eigenvalue weighted by molar-refractivity contribution is 5.80. The van der Waals surface area contributed by atoms with Gasteiger partial charge in [-0.2, -0.15) is 0 Å². The van der Waals surface area contributed by atoms with Gasteiger partial charge in [0.05, 0.1) is 18.3 Å². The Balaban J connectivity index is 1.45. The van der Waals surface area contributed by atoms with Gasteiger partial charge in [0.15, 0.2) is 5.96 Å². The van der Waals surface area contributed by atoms with Crippen molar-refractivity contribution in [2.24, 2.45) is 4.99 Å². The van der Waals surface area contributed by atoms with Gasteiger partial charge in [-0.15, -0.1) is 0 Å². The second kappa shape index (κ2) is 9.47. The summed E-state index contributed by atoms with van der Waals surface area (Å²) in [7, 11) is 0.